The summed E-state index contributed by atoms with van der Waals surface area (Å²) in [6.45, 7) is 12.9. The third kappa shape index (κ3) is 4.36. The van der Waals surface area contributed by atoms with E-state index in [2.05, 4.69) is 56.6 Å². The predicted octanol–water partition coefficient (Wildman–Crippen LogP) is 2.82. The van der Waals surface area contributed by atoms with E-state index in [0.717, 1.165) is 12.5 Å². The standard InChI is InChI=1S/C16H31N3/c1-7-13(3)16(17-8-2)14(4)19-11-9-15(10-12-19)18(5)6/h8,14-15,17H,2,7,9-12H2,1,3-6H3/b16-13-. The van der Waals surface area contributed by atoms with Crippen LogP contribution in [0.15, 0.2) is 24.0 Å². The molecule has 19 heavy (non-hydrogen) atoms. The molecule has 1 aliphatic heterocycles. The molecule has 0 bridgehead atoms. The van der Waals surface area contributed by atoms with Crippen molar-refractivity contribution in [1.82, 2.24) is 15.1 Å². The molecule has 1 saturated heterocycles. The Morgan fingerprint density at radius 2 is 2.00 bits per heavy atom. The maximum atomic E-state index is 3.81. The van der Waals surface area contributed by atoms with E-state index in [9.17, 15) is 0 Å². The van der Waals surface area contributed by atoms with E-state index >= 15 is 0 Å². The van der Waals surface area contributed by atoms with Crippen molar-refractivity contribution in [2.45, 2.75) is 52.1 Å². The summed E-state index contributed by atoms with van der Waals surface area (Å²) in [6, 6.07) is 1.21. The first kappa shape index (κ1) is 16.3. The lowest BCUT2D eigenvalue weighted by Gasteiger charge is -2.39. The van der Waals surface area contributed by atoms with Gasteiger partial charge >= 0.3 is 0 Å². The normalized spacial score (nSPS) is 21.2. The highest BCUT2D eigenvalue weighted by molar-refractivity contribution is 5.18. The number of piperidine rings is 1. The van der Waals surface area contributed by atoms with Gasteiger partial charge in [-0.1, -0.05) is 19.1 Å². The van der Waals surface area contributed by atoms with Gasteiger partial charge < -0.3 is 10.2 Å². The van der Waals surface area contributed by atoms with Crippen molar-refractivity contribution in [3.8, 4) is 0 Å². The molecule has 0 aromatic carbocycles. The first-order valence-corrected chi connectivity index (χ1v) is 7.48. The zero-order valence-corrected chi connectivity index (χ0v) is 13.4. The van der Waals surface area contributed by atoms with Gasteiger partial charge in [0, 0.05) is 30.9 Å². The van der Waals surface area contributed by atoms with Gasteiger partial charge in [-0.05, 0) is 53.4 Å². The van der Waals surface area contributed by atoms with Gasteiger partial charge in [-0.2, -0.15) is 0 Å². The van der Waals surface area contributed by atoms with Crippen molar-refractivity contribution < 1.29 is 0 Å². The summed E-state index contributed by atoms with van der Waals surface area (Å²) in [5.74, 6) is 0. The van der Waals surface area contributed by atoms with Crippen LogP contribution >= 0.6 is 0 Å². The molecule has 0 aromatic heterocycles. The summed E-state index contributed by atoms with van der Waals surface area (Å²) >= 11 is 0. The average molecular weight is 265 g/mol. The van der Waals surface area contributed by atoms with Gasteiger partial charge in [0.15, 0.2) is 0 Å². The highest BCUT2D eigenvalue weighted by Gasteiger charge is 2.25. The predicted molar refractivity (Wildman–Crippen MR) is 84.1 cm³/mol. The van der Waals surface area contributed by atoms with Gasteiger partial charge in [-0.25, -0.2) is 0 Å². The molecule has 3 nitrogen and oxygen atoms in total. The minimum Gasteiger partial charge on any atom is -0.364 e. The monoisotopic (exact) mass is 265 g/mol. The third-order valence-corrected chi connectivity index (χ3v) is 4.44. The molecule has 0 amide bonds. The third-order valence-electron chi connectivity index (χ3n) is 4.44. The number of nitrogens with one attached hydrogen (secondary N) is 1. The molecule has 1 fully saturated rings. The smallest absolute Gasteiger partial charge is 0.0469 e. The van der Waals surface area contributed by atoms with Crippen LogP contribution in [-0.4, -0.2) is 49.1 Å². The quantitative estimate of drug-likeness (QED) is 0.797. The fraction of sp³-hybridized carbons (Fsp3) is 0.750. The van der Waals surface area contributed by atoms with Crippen molar-refractivity contribution in [1.29, 1.82) is 0 Å². The minimum absolute atomic E-state index is 0.459. The number of nitrogens with zero attached hydrogens (tertiary/aromatic N) is 2. The van der Waals surface area contributed by atoms with E-state index in [-0.39, 0.29) is 0 Å². The average Bonchev–Trinajstić information content (AvgIpc) is 2.43. The van der Waals surface area contributed by atoms with Crippen LogP contribution in [0.25, 0.3) is 0 Å². The Kier molecular flexibility index (Phi) is 6.59. The van der Waals surface area contributed by atoms with Gasteiger partial charge in [-0.3, -0.25) is 4.90 Å². The fourth-order valence-electron chi connectivity index (χ4n) is 2.87. The summed E-state index contributed by atoms with van der Waals surface area (Å²) in [7, 11) is 4.38. The Hall–Kier alpha value is -0.800. The molecule has 1 N–H and O–H groups in total. The number of allylic oxidation sites excluding steroid dienone is 1. The highest BCUT2D eigenvalue weighted by Crippen LogP contribution is 2.21. The lowest BCUT2D eigenvalue weighted by atomic mass is 10.00. The van der Waals surface area contributed by atoms with E-state index in [0.29, 0.717) is 6.04 Å². The number of likely N-dealkylation sites (tertiary alicyclic amines) is 1. The summed E-state index contributed by atoms with van der Waals surface area (Å²) < 4.78 is 0. The molecule has 0 spiro atoms. The van der Waals surface area contributed by atoms with Crippen LogP contribution in [0.4, 0.5) is 0 Å². The lowest BCUT2D eigenvalue weighted by Crippen LogP contribution is -2.47. The maximum absolute atomic E-state index is 3.81. The minimum atomic E-state index is 0.459. The van der Waals surface area contributed by atoms with Gasteiger partial charge in [0.2, 0.25) is 0 Å². The zero-order chi connectivity index (χ0) is 14.4. The van der Waals surface area contributed by atoms with Crippen molar-refractivity contribution in [2.75, 3.05) is 27.2 Å². The molecule has 1 unspecified atom stereocenters. The molecule has 0 aliphatic carbocycles. The molecule has 1 heterocycles. The molecular formula is C16H31N3. The van der Waals surface area contributed by atoms with Crippen LogP contribution in [0.2, 0.25) is 0 Å². The Morgan fingerprint density at radius 1 is 1.42 bits per heavy atom. The van der Waals surface area contributed by atoms with E-state index in [1.54, 1.807) is 6.20 Å². The zero-order valence-electron chi connectivity index (χ0n) is 13.4. The molecule has 3 heteroatoms. The van der Waals surface area contributed by atoms with Gasteiger partial charge in [0.25, 0.3) is 0 Å². The second kappa shape index (κ2) is 7.71. The summed E-state index contributed by atoms with van der Waals surface area (Å²) in [5, 5.41) is 3.36. The molecule has 0 aromatic rings. The van der Waals surface area contributed by atoms with E-state index in [1.165, 1.54) is 37.2 Å². The van der Waals surface area contributed by atoms with Crippen molar-refractivity contribution in [3.63, 3.8) is 0 Å². The van der Waals surface area contributed by atoms with Crippen molar-refractivity contribution in [3.05, 3.63) is 24.0 Å². The van der Waals surface area contributed by atoms with Crippen LogP contribution in [0, 0.1) is 0 Å². The Balaban J connectivity index is 2.67. The summed E-state index contributed by atoms with van der Waals surface area (Å²) in [4.78, 5) is 4.95. The second-order valence-corrected chi connectivity index (χ2v) is 5.80. The van der Waals surface area contributed by atoms with Crippen LogP contribution < -0.4 is 5.32 Å². The molecule has 0 radical (unpaired) electrons. The summed E-state index contributed by atoms with van der Waals surface area (Å²) in [5.41, 5.74) is 2.77. The van der Waals surface area contributed by atoms with E-state index in [1.807, 2.05) is 0 Å². The molecule has 1 aliphatic rings. The first-order valence-electron chi connectivity index (χ1n) is 7.48. The van der Waals surface area contributed by atoms with Crippen molar-refractivity contribution in [2.24, 2.45) is 0 Å². The Morgan fingerprint density at radius 3 is 2.42 bits per heavy atom. The van der Waals surface area contributed by atoms with Crippen LogP contribution in [-0.2, 0) is 0 Å². The number of hydrogen-bond donors (Lipinski definition) is 1. The molecule has 1 rings (SSSR count). The first-order chi connectivity index (χ1) is 9.01. The summed E-state index contributed by atoms with van der Waals surface area (Å²) in [6.07, 6.45) is 5.43. The Labute approximate surface area is 119 Å². The highest BCUT2D eigenvalue weighted by atomic mass is 15.2. The second-order valence-electron chi connectivity index (χ2n) is 5.80. The fourth-order valence-corrected chi connectivity index (χ4v) is 2.87. The molecular weight excluding hydrogens is 234 g/mol. The van der Waals surface area contributed by atoms with Gasteiger partial charge in [-0.15, -0.1) is 0 Å². The topological polar surface area (TPSA) is 18.5 Å². The molecule has 110 valence electrons. The number of hydrogen-bond acceptors (Lipinski definition) is 3. The lowest BCUT2D eigenvalue weighted by molar-refractivity contribution is 0.124. The van der Waals surface area contributed by atoms with Gasteiger partial charge in [0.05, 0.1) is 0 Å². The van der Waals surface area contributed by atoms with Crippen LogP contribution in [0.5, 0.6) is 0 Å². The van der Waals surface area contributed by atoms with Crippen LogP contribution in [0.1, 0.15) is 40.0 Å². The SMILES string of the molecule is C=CN/C(=C(/C)CC)C(C)N1CCC(N(C)C)CC1. The largest absolute Gasteiger partial charge is 0.364 e. The molecule has 1 atom stereocenters. The van der Waals surface area contributed by atoms with Gasteiger partial charge in [0.1, 0.15) is 0 Å². The van der Waals surface area contributed by atoms with E-state index in [4.69, 9.17) is 0 Å². The number of rotatable bonds is 6. The van der Waals surface area contributed by atoms with Crippen LogP contribution in [0.3, 0.4) is 0 Å². The van der Waals surface area contributed by atoms with E-state index < -0.39 is 0 Å². The maximum Gasteiger partial charge on any atom is 0.0469 e. The Bertz CT molecular complexity index is 312. The van der Waals surface area contributed by atoms with Crippen molar-refractivity contribution >= 4 is 0 Å². The molecule has 0 saturated carbocycles.